The molecule has 106 valence electrons. The Morgan fingerprint density at radius 1 is 1.53 bits per heavy atom. The van der Waals surface area contributed by atoms with E-state index < -0.39 is 0 Å². The molecule has 1 aromatic heterocycles. The van der Waals surface area contributed by atoms with Gasteiger partial charge in [0.1, 0.15) is 0 Å². The zero-order valence-corrected chi connectivity index (χ0v) is 12.3. The van der Waals surface area contributed by atoms with Crippen LogP contribution in [0, 0.1) is 0 Å². The molecule has 0 bridgehead atoms. The molecule has 5 nitrogen and oxygen atoms in total. The summed E-state index contributed by atoms with van der Waals surface area (Å²) in [6, 6.07) is 2.33. The fourth-order valence-electron chi connectivity index (χ4n) is 2.13. The molecule has 1 N–H and O–H groups in total. The lowest BCUT2D eigenvalue weighted by molar-refractivity contribution is 0.0528. The van der Waals surface area contributed by atoms with Gasteiger partial charge < -0.3 is 19.9 Å². The molecule has 1 aliphatic heterocycles. The van der Waals surface area contributed by atoms with E-state index >= 15 is 0 Å². The van der Waals surface area contributed by atoms with Crippen LogP contribution in [0.15, 0.2) is 16.8 Å². The highest BCUT2D eigenvalue weighted by Crippen LogP contribution is 2.20. The van der Waals surface area contributed by atoms with Gasteiger partial charge in [0.05, 0.1) is 19.3 Å². The number of thiophene rings is 1. The normalized spacial score (nSPS) is 17.5. The summed E-state index contributed by atoms with van der Waals surface area (Å²) in [5, 5.41) is 7.21. The second-order valence-corrected chi connectivity index (χ2v) is 5.60. The van der Waals surface area contributed by atoms with Crippen LogP contribution in [0.25, 0.3) is 0 Å². The maximum Gasteiger partial charge on any atom is 0.317 e. The Hall–Kier alpha value is -1.11. The zero-order chi connectivity index (χ0) is 13.7. The van der Waals surface area contributed by atoms with Gasteiger partial charge in [-0.05, 0) is 36.5 Å². The molecular weight excluding hydrogens is 262 g/mol. The molecule has 0 spiro atoms. The number of likely N-dealkylation sites (N-methyl/N-ethyl adjacent to an activating group) is 1. The van der Waals surface area contributed by atoms with Gasteiger partial charge >= 0.3 is 6.03 Å². The Balaban J connectivity index is 1.86. The number of morpholine rings is 1. The third-order valence-corrected chi connectivity index (χ3v) is 4.00. The summed E-state index contributed by atoms with van der Waals surface area (Å²) < 4.78 is 5.24. The van der Waals surface area contributed by atoms with Crippen molar-refractivity contribution >= 4 is 17.4 Å². The monoisotopic (exact) mass is 283 g/mol. The summed E-state index contributed by atoms with van der Waals surface area (Å²) in [5.41, 5.74) is 1.25. The number of ether oxygens (including phenoxy) is 1. The number of urea groups is 1. The first-order valence-electron chi connectivity index (χ1n) is 6.47. The number of nitrogens with one attached hydrogen (secondary N) is 1. The van der Waals surface area contributed by atoms with Crippen LogP contribution in [0.1, 0.15) is 11.6 Å². The predicted octanol–water partition coefficient (Wildman–Crippen LogP) is 1.39. The number of carbonyl (C=O) groups excluding carboxylic acids is 1. The predicted molar refractivity (Wildman–Crippen MR) is 76.5 cm³/mol. The first kappa shape index (κ1) is 14.3. The lowest BCUT2D eigenvalue weighted by Crippen LogP contribution is -2.47. The molecule has 6 heteroatoms. The third kappa shape index (κ3) is 3.92. The fraction of sp³-hybridized carbons (Fsp3) is 0.615. The largest absolute Gasteiger partial charge is 0.378 e. The molecule has 1 aliphatic rings. The van der Waals surface area contributed by atoms with E-state index in [2.05, 4.69) is 27.0 Å². The Labute approximate surface area is 118 Å². The molecular formula is C13H21N3O2S. The molecule has 1 aromatic rings. The Kier molecular flexibility index (Phi) is 5.18. The Morgan fingerprint density at radius 3 is 2.84 bits per heavy atom. The number of carbonyl (C=O) groups is 1. The van der Waals surface area contributed by atoms with Crippen LogP contribution in [0.2, 0.25) is 0 Å². The van der Waals surface area contributed by atoms with Crippen molar-refractivity contribution in [2.75, 3.05) is 46.9 Å². The van der Waals surface area contributed by atoms with E-state index in [0.717, 1.165) is 0 Å². The first-order chi connectivity index (χ1) is 9.18. The van der Waals surface area contributed by atoms with Gasteiger partial charge in [-0.15, -0.1) is 0 Å². The molecule has 2 rings (SSSR count). The van der Waals surface area contributed by atoms with Crippen LogP contribution in [-0.2, 0) is 4.74 Å². The summed E-state index contributed by atoms with van der Waals surface area (Å²) in [4.78, 5) is 16.0. The highest BCUT2D eigenvalue weighted by Gasteiger charge is 2.19. The standard InChI is InChI=1S/C13H21N3O2S/c1-15(2)12(11-3-8-19-10-11)9-14-13(17)16-4-6-18-7-5-16/h3,8,10,12H,4-7,9H2,1-2H3,(H,14,17)/t12-/m0/s1. The van der Waals surface area contributed by atoms with Crippen molar-refractivity contribution < 1.29 is 9.53 Å². The Bertz CT molecular complexity index is 389. The van der Waals surface area contributed by atoms with E-state index in [0.29, 0.717) is 32.8 Å². The van der Waals surface area contributed by atoms with Gasteiger partial charge in [-0.2, -0.15) is 11.3 Å². The van der Waals surface area contributed by atoms with Crippen molar-refractivity contribution in [1.82, 2.24) is 15.1 Å². The SMILES string of the molecule is CN(C)[C@@H](CNC(=O)N1CCOCC1)c1ccsc1. The molecule has 0 aliphatic carbocycles. The van der Waals surface area contributed by atoms with Gasteiger partial charge in [0.2, 0.25) is 0 Å². The van der Waals surface area contributed by atoms with Crippen molar-refractivity contribution in [2.45, 2.75) is 6.04 Å². The quantitative estimate of drug-likeness (QED) is 0.908. The van der Waals surface area contributed by atoms with E-state index in [1.807, 2.05) is 19.0 Å². The fourth-order valence-corrected chi connectivity index (χ4v) is 2.83. The topological polar surface area (TPSA) is 44.8 Å². The van der Waals surface area contributed by atoms with Crippen LogP contribution >= 0.6 is 11.3 Å². The van der Waals surface area contributed by atoms with E-state index in [-0.39, 0.29) is 12.1 Å². The molecule has 0 aromatic carbocycles. The van der Waals surface area contributed by atoms with E-state index in [1.165, 1.54) is 5.56 Å². The van der Waals surface area contributed by atoms with Gasteiger partial charge in [0.25, 0.3) is 0 Å². The van der Waals surface area contributed by atoms with Gasteiger partial charge in [-0.3, -0.25) is 0 Å². The van der Waals surface area contributed by atoms with Crippen LogP contribution in [-0.4, -0.2) is 62.8 Å². The summed E-state index contributed by atoms with van der Waals surface area (Å²) in [5.74, 6) is 0. The smallest absolute Gasteiger partial charge is 0.317 e. The molecule has 1 saturated heterocycles. The Morgan fingerprint density at radius 2 is 2.26 bits per heavy atom. The lowest BCUT2D eigenvalue weighted by Gasteiger charge is -2.29. The molecule has 1 fully saturated rings. The number of rotatable bonds is 4. The summed E-state index contributed by atoms with van der Waals surface area (Å²) in [6.07, 6.45) is 0. The third-order valence-electron chi connectivity index (χ3n) is 3.30. The molecule has 1 atom stereocenters. The van der Waals surface area contributed by atoms with Crippen LogP contribution in [0.5, 0.6) is 0 Å². The number of hydrogen-bond donors (Lipinski definition) is 1. The summed E-state index contributed by atoms with van der Waals surface area (Å²) >= 11 is 1.68. The van der Waals surface area contributed by atoms with Gasteiger partial charge in [-0.1, -0.05) is 0 Å². The molecule has 2 heterocycles. The van der Waals surface area contributed by atoms with Crippen molar-refractivity contribution in [1.29, 1.82) is 0 Å². The molecule has 19 heavy (non-hydrogen) atoms. The van der Waals surface area contributed by atoms with E-state index in [1.54, 1.807) is 11.3 Å². The zero-order valence-electron chi connectivity index (χ0n) is 11.5. The number of nitrogens with zero attached hydrogens (tertiary/aromatic N) is 2. The second kappa shape index (κ2) is 6.88. The second-order valence-electron chi connectivity index (χ2n) is 4.82. The van der Waals surface area contributed by atoms with E-state index in [9.17, 15) is 4.79 Å². The minimum Gasteiger partial charge on any atom is -0.378 e. The van der Waals surface area contributed by atoms with Crippen LogP contribution in [0.3, 0.4) is 0 Å². The minimum atomic E-state index is 0.00498. The molecule has 2 amide bonds. The average molecular weight is 283 g/mol. The highest BCUT2D eigenvalue weighted by atomic mass is 32.1. The number of amides is 2. The summed E-state index contributed by atoms with van der Waals surface area (Å²) in [7, 11) is 4.06. The van der Waals surface area contributed by atoms with Crippen molar-refractivity contribution in [2.24, 2.45) is 0 Å². The van der Waals surface area contributed by atoms with Crippen molar-refractivity contribution in [3.05, 3.63) is 22.4 Å². The van der Waals surface area contributed by atoms with Crippen molar-refractivity contribution in [3.8, 4) is 0 Å². The minimum absolute atomic E-state index is 0.00498. The van der Waals surface area contributed by atoms with Crippen LogP contribution in [0.4, 0.5) is 4.79 Å². The molecule has 0 radical (unpaired) electrons. The maximum atomic E-state index is 12.0. The van der Waals surface area contributed by atoms with Crippen LogP contribution < -0.4 is 5.32 Å². The number of hydrogen-bond acceptors (Lipinski definition) is 4. The lowest BCUT2D eigenvalue weighted by atomic mass is 10.1. The van der Waals surface area contributed by atoms with Crippen molar-refractivity contribution in [3.63, 3.8) is 0 Å². The van der Waals surface area contributed by atoms with Gasteiger partial charge in [0.15, 0.2) is 0 Å². The average Bonchev–Trinajstić information content (AvgIpc) is 2.93. The first-order valence-corrected chi connectivity index (χ1v) is 7.42. The maximum absolute atomic E-state index is 12.0. The van der Waals surface area contributed by atoms with Gasteiger partial charge in [0, 0.05) is 19.6 Å². The highest BCUT2D eigenvalue weighted by molar-refractivity contribution is 7.07. The van der Waals surface area contributed by atoms with E-state index in [4.69, 9.17) is 4.74 Å². The van der Waals surface area contributed by atoms with Gasteiger partial charge in [-0.25, -0.2) is 4.79 Å². The molecule has 0 saturated carbocycles. The molecule has 0 unspecified atom stereocenters. The summed E-state index contributed by atoms with van der Waals surface area (Å²) in [6.45, 7) is 3.25.